The summed E-state index contributed by atoms with van der Waals surface area (Å²) in [6, 6.07) is -0.316. The van der Waals surface area contributed by atoms with Crippen LogP contribution in [0.15, 0.2) is 59.8 Å². The standard InChI is InChI=1S/C27H41N3O16P2/c1-5-10-40-13-18-23(41-11-6-2)24(42-12-7-3)20(28-16(4)31)26(45-18)46-48(38,39)15-47(36,37)43-14-17-21(33)22(34)25(44-17)30-9-8-19(32)29-27(30)35/h5-9,17-18,20-26,33-34H,1-3,10-15H2,4H3,(H,28,31)(H,36,37)(H,38,39)(H,29,32,35)/t17-,18-,20-,21-,22-,23-,24-,25-,26-/m1/s1. The van der Waals surface area contributed by atoms with Crippen LogP contribution in [0.1, 0.15) is 13.2 Å². The molecule has 2 saturated heterocycles. The Morgan fingerprint density at radius 1 is 0.979 bits per heavy atom. The summed E-state index contributed by atoms with van der Waals surface area (Å²) in [5, 5.41) is 23.3. The number of amides is 1. The third kappa shape index (κ3) is 10.9. The van der Waals surface area contributed by atoms with E-state index in [1.807, 2.05) is 4.98 Å². The van der Waals surface area contributed by atoms with Crippen LogP contribution in [0.5, 0.6) is 0 Å². The maximum atomic E-state index is 13.3. The molecule has 0 spiro atoms. The number of nitrogens with zero attached hydrogens (tertiary/aromatic N) is 1. The zero-order valence-corrected chi connectivity index (χ0v) is 27.8. The molecule has 0 radical (unpaired) electrons. The fourth-order valence-electron chi connectivity index (χ4n) is 4.92. The van der Waals surface area contributed by atoms with Crippen LogP contribution < -0.4 is 16.6 Å². The molecular weight excluding hydrogens is 684 g/mol. The van der Waals surface area contributed by atoms with Crippen molar-refractivity contribution in [3.05, 3.63) is 71.1 Å². The highest BCUT2D eigenvalue weighted by Gasteiger charge is 2.51. The fourth-order valence-corrected chi connectivity index (χ4v) is 8.20. The number of aromatic amines is 1. The first-order valence-corrected chi connectivity index (χ1v) is 18.0. The van der Waals surface area contributed by atoms with Crippen LogP contribution in [0.2, 0.25) is 0 Å². The van der Waals surface area contributed by atoms with E-state index in [1.165, 1.54) is 25.2 Å². The minimum absolute atomic E-state index is 0.0283. The van der Waals surface area contributed by atoms with Crippen LogP contribution in [-0.2, 0) is 46.7 Å². The molecule has 3 heterocycles. The van der Waals surface area contributed by atoms with Crippen molar-refractivity contribution in [2.45, 2.75) is 62.1 Å². The van der Waals surface area contributed by atoms with Gasteiger partial charge in [-0.05, 0) is 0 Å². The molecule has 270 valence electrons. The third-order valence-corrected chi connectivity index (χ3v) is 10.8. The summed E-state index contributed by atoms with van der Waals surface area (Å²) in [7, 11) is -10.1. The second kappa shape index (κ2) is 17.9. The predicted octanol–water partition coefficient (Wildman–Crippen LogP) is -0.908. The summed E-state index contributed by atoms with van der Waals surface area (Å²) in [6.07, 6.45) is -5.83. The minimum atomic E-state index is -5.11. The molecule has 1 amide bonds. The zero-order chi connectivity index (χ0) is 35.6. The van der Waals surface area contributed by atoms with Gasteiger partial charge >= 0.3 is 20.9 Å². The summed E-state index contributed by atoms with van der Waals surface area (Å²) in [5.74, 6) is -2.08. The lowest BCUT2D eigenvalue weighted by Crippen LogP contribution is -2.66. The van der Waals surface area contributed by atoms with Gasteiger partial charge < -0.3 is 53.5 Å². The zero-order valence-electron chi connectivity index (χ0n) is 26.0. The van der Waals surface area contributed by atoms with E-state index in [0.29, 0.717) is 0 Å². The van der Waals surface area contributed by atoms with E-state index < -0.39 is 100 Å². The normalized spacial score (nSPS) is 31.3. The second-order valence-electron chi connectivity index (χ2n) is 10.6. The van der Waals surface area contributed by atoms with Gasteiger partial charge in [-0.25, -0.2) is 4.79 Å². The first kappa shape index (κ1) is 39.8. The minimum Gasteiger partial charge on any atom is -0.387 e. The highest BCUT2D eigenvalue weighted by molar-refractivity contribution is 7.70. The highest BCUT2D eigenvalue weighted by atomic mass is 31.2. The Bertz CT molecular complexity index is 1480. The SMILES string of the molecule is C=CCOC[C@H]1O[C@H](OP(=O)(O)CP(=O)(O)OC[C@H]2O[C@@H](n3ccc(=O)[nH]c3=O)[C@H](O)[C@@H]2O)[C@H](NC(C)=O)[C@@H](OCC=C)[C@@H]1OCC=C. The lowest BCUT2D eigenvalue weighted by atomic mass is 9.96. The van der Waals surface area contributed by atoms with E-state index in [9.17, 15) is 43.5 Å². The summed E-state index contributed by atoms with van der Waals surface area (Å²) in [6.45, 7) is 11.0. The number of ether oxygens (including phenoxy) is 5. The summed E-state index contributed by atoms with van der Waals surface area (Å²) in [5.41, 5.74) is -1.68. The van der Waals surface area contributed by atoms with Crippen LogP contribution in [0.3, 0.4) is 0 Å². The van der Waals surface area contributed by atoms with E-state index in [1.54, 1.807) is 0 Å². The molecule has 6 N–H and O–H groups in total. The van der Waals surface area contributed by atoms with Crippen molar-refractivity contribution >= 4 is 21.1 Å². The van der Waals surface area contributed by atoms with Crippen molar-refractivity contribution in [2.75, 3.05) is 38.9 Å². The summed E-state index contributed by atoms with van der Waals surface area (Å²) >= 11 is 0. The van der Waals surface area contributed by atoms with Crippen LogP contribution in [0.25, 0.3) is 0 Å². The topological polar surface area (TPSA) is 264 Å². The van der Waals surface area contributed by atoms with E-state index in [0.717, 1.165) is 16.8 Å². The van der Waals surface area contributed by atoms with Gasteiger partial charge in [0.1, 0.15) is 42.7 Å². The van der Waals surface area contributed by atoms with Gasteiger partial charge in [-0.15, -0.1) is 19.7 Å². The molecule has 3 rings (SSSR count). The van der Waals surface area contributed by atoms with Gasteiger partial charge in [0, 0.05) is 19.2 Å². The Morgan fingerprint density at radius 3 is 2.23 bits per heavy atom. The lowest BCUT2D eigenvalue weighted by Gasteiger charge is -2.46. The third-order valence-electron chi connectivity index (χ3n) is 6.88. The molecule has 2 aliphatic heterocycles. The summed E-state index contributed by atoms with van der Waals surface area (Å²) < 4.78 is 65.9. The molecule has 0 aliphatic carbocycles. The Labute approximate surface area is 274 Å². The number of H-pyrrole nitrogens is 1. The number of carbonyl (C=O) groups is 1. The number of aliphatic hydroxyl groups excluding tert-OH is 2. The molecule has 0 aromatic carbocycles. The molecule has 1 aromatic rings. The van der Waals surface area contributed by atoms with Gasteiger partial charge in [0.25, 0.3) is 5.56 Å². The van der Waals surface area contributed by atoms with Crippen molar-refractivity contribution in [3.8, 4) is 0 Å². The number of rotatable bonds is 19. The quantitative estimate of drug-likeness (QED) is 0.0573. The Morgan fingerprint density at radius 2 is 1.62 bits per heavy atom. The molecule has 11 atom stereocenters. The lowest BCUT2D eigenvalue weighted by molar-refractivity contribution is -0.263. The van der Waals surface area contributed by atoms with Crippen molar-refractivity contribution in [3.63, 3.8) is 0 Å². The molecule has 0 bridgehead atoms. The maximum Gasteiger partial charge on any atom is 0.342 e. The average molecular weight is 726 g/mol. The van der Waals surface area contributed by atoms with E-state index in [2.05, 4.69) is 25.1 Å². The van der Waals surface area contributed by atoms with Gasteiger partial charge in [-0.3, -0.25) is 32.8 Å². The molecule has 2 unspecified atom stereocenters. The van der Waals surface area contributed by atoms with Crippen LogP contribution in [0, 0.1) is 0 Å². The van der Waals surface area contributed by atoms with Crippen molar-refractivity contribution in [2.24, 2.45) is 0 Å². The molecule has 0 saturated carbocycles. The van der Waals surface area contributed by atoms with Crippen LogP contribution in [0.4, 0.5) is 0 Å². The molecule has 48 heavy (non-hydrogen) atoms. The molecule has 2 fully saturated rings. The molecule has 21 heteroatoms. The maximum absolute atomic E-state index is 13.3. The molecule has 1 aromatic heterocycles. The number of carbonyl (C=O) groups excluding carboxylic acids is 1. The van der Waals surface area contributed by atoms with Gasteiger partial charge in [0.05, 0.1) is 33.0 Å². The first-order valence-electron chi connectivity index (χ1n) is 14.5. The number of hydrogen-bond acceptors (Lipinski definition) is 14. The second-order valence-corrected chi connectivity index (χ2v) is 14.8. The van der Waals surface area contributed by atoms with Gasteiger partial charge in [0.15, 0.2) is 18.4 Å². The smallest absolute Gasteiger partial charge is 0.342 e. The Balaban J connectivity index is 1.77. The summed E-state index contributed by atoms with van der Waals surface area (Å²) in [4.78, 5) is 58.8. The van der Waals surface area contributed by atoms with Crippen molar-refractivity contribution in [1.29, 1.82) is 0 Å². The molecule has 19 nitrogen and oxygen atoms in total. The van der Waals surface area contributed by atoms with Crippen LogP contribution >= 0.6 is 15.2 Å². The van der Waals surface area contributed by atoms with Gasteiger partial charge in [-0.1, -0.05) is 18.2 Å². The van der Waals surface area contributed by atoms with Crippen molar-refractivity contribution in [1.82, 2.24) is 14.9 Å². The van der Waals surface area contributed by atoms with Crippen molar-refractivity contribution < 1.29 is 66.7 Å². The first-order chi connectivity index (χ1) is 22.6. The van der Waals surface area contributed by atoms with Gasteiger partial charge in [-0.2, -0.15) is 0 Å². The Hall–Kier alpha value is -2.61. The molecular formula is C27H41N3O16P2. The number of nitrogens with one attached hydrogen (secondary N) is 2. The predicted molar refractivity (Wildman–Crippen MR) is 166 cm³/mol. The number of aliphatic hydroxyl groups is 2. The molecule has 2 aliphatic rings. The highest BCUT2D eigenvalue weighted by Crippen LogP contribution is 2.59. The Kier molecular flexibility index (Phi) is 14.8. The largest absolute Gasteiger partial charge is 0.387 e. The number of hydrogen-bond donors (Lipinski definition) is 6. The van der Waals surface area contributed by atoms with E-state index >= 15 is 0 Å². The monoisotopic (exact) mass is 725 g/mol. The van der Waals surface area contributed by atoms with E-state index in [4.69, 9.17) is 32.7 Å². The fraction of sp³-hybridized carbons (Fsp3) is 0.593. The average Bonchev–Trinajstić information content (AvgIpc) is 3.27. The van der Waals surface area contributed by atoms with Crippen LogP contribution in [-0.4, -0.2) is 123 Å². The van der Waals surface area contributed by atoms with Gasteiger partial charge in [0.2, 0.25) is 5.91 Å². The van der Waals surface area contributed by atoms with E-state index in [-0.39, 0.29) is 26.4 Å². The number of aromatic nitrogens is 2.